The van der Waals surface area contributed by atoms with Crippen molar-refractivity contribution in [3.8, 4) is 17.2 Å². The Morgan fingerprint density at radius 1 is 0.818 bits per heavy atom. The van der Waals surface area contributed by atoms with E-state index in [0.29, 0.717) is 6.07 Å². The number of carbonyl (C=O) groups excluding carboxylic acids is 1. The molecule has 12 heteroatoms. The number of carbonyl (C=O) groups is 1. The van der Waals surface area contributed by atoms with Gasteiger partial charge in [-0.3, -0.25) is 4.79 Å². The molecule has 0 saturated carbocycles. The summed E-state index contributed by atoms with van der Waals surface area (Å²) in [5, 5.41) is 10.0. The predicted molar refractivity (Wildman–Crippen MR) is 102 cm³/mol. The van der Waals surface area contributed by atoms with Crippen LogP contribution >= 0.6 is 0 Å². The molecule has 0 heterocycles. The number of hydrogen-bond acceptors (Lipinski definition) is 5. The van der Waals surface area contributed by atoms with Gasteiger partial charge >= 0.3 is 12.4 Å². The molecular weight excluding hydrogens is 478 g/mol. The van der Waals surface area contributed by atoms with Crippen LogP contribution in [0.5, 0.6) is 17.2 Å². The van der Waals surface area contributed by atoms with E-state index in [2.05, 4.69) is 0 Å². The first-order chi connectivity index (χ1) is 15.2. The summed E-state index contributed by atoms with van der Waals surface area (Å²) in [4.78, 5) is 9.82. The van der Waals surface area contributed by atoms with Gasteiger partial charge in [0, 0.05) is 11.6 Å². The minimum absolute atomic E-state index is 0.180. The lowest BCUT2D eigenvalue weighted by Crippen LogP contribution is -2.15. The van der Waals surface area contributed by atoms with Crippen LogP contribution in [-0.4, -0.2) is 19.8 Å². The Kier molecular flexibility index (Phi) is 6.16. The molecule has 0 bridgehead atoms. The largest absolute Gasteiger partial charge is 0.507 e. The van der Waals surface area contributed by atoms with Crippen molar-refractivity contribution in [3.63, 3.8) is 0 Å². The molecule has 3 rings (SSSR count). The number of ether oxygens (including phenoxy) is 1. The fourth-order valence-electron chi connectivity index (χ4n) is 2.87. The lowest BCUT2D eigenvalue weighted by atomic mass is 10.0. The summed E-state index contributed by atoms with van der Waals surface area (Å²) in [7, 11) is -4.39. The molecule has 0 spiro atoms. The summed E-state index contributed by atoms with van der Waals surface area (Å²) < 4.78 is 111. The van der Waals surface area contributed by atoms with Gasteiger partial charge in [-0.05, 0) is 36.4 Å². The molecule has 3 aromatic carbocycles. The first-order valence-corrected chi connectivity index (χ1v) is 10.3. The number of rotatable bonds is 5. The summed E-state index contributed by atoms with van der Waals surface area (Å²) in [5.41, 5.74) is -4.67. The molecule has 0 unspecified atom stereocenters. The van der Waals surface area contributed by atoms with E-state index in [9.17, 15) is 44.7 Å². The van der Waals surface area contributed by atoms with Crippen molar-refractivity contribution in [3.05, 3.63) is 77.4 Å². The maximum Gasteiger partial charge on any atom is 0.420 e. The zero-order valence-electron chi connectivity index (χ0n) is 16.1. The molecule has 0 amide bonds. The highest BCUT2D eigenvalue weighted by atomic mass is 32.2. The minimum atomic E-state index is -5.34. The lowest BCUT2D eigenvalue weighted by Gasteiger charge is -2.20. The van der Waals surface area contributed by atoms with Gasteiger partial charge in [0.15, 0.2) is 5.75 Å². The Balaban J connectivity index is 2.20. The Hall–Kier alpha value is -3.54. The van der Waals surface area contributed by atoms with Crippen LogP contribution < -0.4 is 4.74 Å². The number of aromatic hydroxyl groups is 1. The van der Waals surface area contributed by atoms with Crippen LogP contribution in [0.15, 0.2) is 70.5 Å². The number of hydrogen-bond donors (Lipinski definition) is 1. The number of alkyl halides is 6. The Bertz CT molecular complexity index is 1260. The molecule has 0 saturated heterocycles. The molecule has 3 aromatic rings. The monoisotopic (exact) mass is 490 g/mol. The molecule has 1 N–H and O–H groups in total. The second-order valence-electron chi connectivity index (χ2n) is 6.61. The maximum atomic E-state index is 13.5. The topological polar surface area (TPSA) is 80.7 Å². The van der Waals surface area contributed by atoms with E-state index in [1.165, 1.54) is 30.3 Å². The predicted octanol–water partition coefficient (Wildman–Crippen LogP) is 5.87. The Labute approximate surface area is 182 Å². The summed E-state index contributed by atoms with van der Waals surface area (Å²) in [6.45, 7) is 0. The summed E-state index contributed by atoms with van der Waals surface area (Å²) in [5.74, 6) is -3.19. The van der Waals surface area contributed by atoms with Crippen molar-refractivity contribution >= 4 is 16.1 Å². The van der Waals surface area contributed by atoms with Crippen molar-refractivity contribution in [1.29, 1.82) is 0 Å². The fraction of sp³-hybridized carbons (Fsp3) is 0.0952. The van der Waals surface area contributed by atoms with Crippen LogP contribution in [0.4, 0.5) is 26.3 Å². The SMILES string of the molecule is O=Cc1cc(C(F)(F)F)c(Oc2ccc(O)c(S(=O)(=O)c3ccccc3)c2)c(C(F)(F)F)c1. The van der Waals surface area contributed by atoms with Crippen molar-refractivity contribution < 1.29 is 49.4 Å². The zero-order chi connectivity index (χ0) is 24.6. The third kappa shape index (κ3) is 4.95. The van der Waals surface area contributed by atoms with Gasteiger partial charge in [0.2, 0.25) is 9.84 Å². The van der Waals surface area contributed by atoms with E-state index in [1.54, 1.807) is 0 Å². The lowest BCUT2D eigenvalue weighted by molar-refractivity contribution is -0.145. The van der Waals surface area contributed by atoms with Gasteiger partial charge in [-0.25, -0.2) is 8.42 Å². The van der Waals surface area contributed by atoms with Crippen molar-refractivity contribution in [2.24, 2.45) is 0 Å². The molecule has 0 aliphatic rings. The maximum absolute atomic E-state index is 13.5. The Morgan fingerprint density at radius 2 is 1.36 bits per heavy atom. The molecule has 0 fully saturated rings. The minimum Gasteiger partial charge on any atom is -0.507 e. The molecular formula is C21H12F6O5S. The third-order valence-corrected chi connectivity index (χ3v) is 6.15. The van der Waals surface area contributed by atoms with Crippen LogP contribution in [0, 0.1) is 0 Å². The second-order valence-corrected chi connectivity index (χ2v) is 8.52. The second kappa shape index (κ2) is 8.43. The molecule has 0 aromatic heterocycles. The quantitative estimate of drug-likeness (QED) is 0.358. The van der Waals surface area contributed by atoms with Crippen LogP contribution in [0.2, 0.25) is 0 Å². The summed E-state index contributed by atoms with van der Waals surface area (Å²) in [6, 6.07) is 9.16. The van der Waals surface area contributed by atoms with Crippen LogP contribution in [0.3, 0.4) is 0 Å². The number of benzene rings is 3. The van der Waals surface area contributed by atoms with Crippen molar-refractivity contribution in [2.75, 3.05) is 0 Å². The highest BCUT2D eigenvalue weighted by Crippen LogP contribution is 2.47. The smallest absolute Gasteiger partial charge is 0.420 e. The van der Waals surface area contributed by atoms with Gasteiger partial charge in [0.1, 0.15) is 22.7 Å². The van der Waals surface area contributed by atoms with E-state index in [-0.39, 0.29) is 23.3 Å². The first-order valence-electron chi connectivity index (χ1n) is 8.84. The third-order valence-electron chi connectivity index (χ3n) is 4.35. The van der Waals surface area contributed by atoms with E-state index in [0.717, 1.165) is 12.1 Å². The van der Waals surface area contributed by atoms with Gasteiger partial charge < -0.3 is 9.84 Å². The molecule has 33 heavy (non-hydrogen) atoms. The standard InChI is InChI=1S/C21H12F6O5S/c22-20(23,24)15-8-12(11-28)9-16(21(25,26)27)19(15)32-13-6-7-17(29)18(10-13)33(30,31)14-4-2-1-3-5-14/h1-11,29H. The molecule has 5 nitrogen and oxygen atoms in total. The number of halogens is 6. The van der Waals surface area contributed by atoms with E-state index in [4.69, 9.17) is 4.74 Å². The normalized spacial score (nSPS) is 12.4. The number of sulfone groups is 1. The van der Waals surface area contributed by atoms with Crippen LogP contribution in [-0.2, 0) is 22.2 Å². The molecule has 0 radical (unpaired) electrons. The molecule has 174 valence electrons. The first kappa shape index (κ1) is 24.1. The zero-order valence-corrected chi connectivity index (χ0v) is 16.9. The van der Waals surface area contributed by atoms with Crippen LogP contribution in [0.25, 0.3) is 0 Å². The Morgan fingerprint density at radius 3 is 1.85 bits per heavy atom. The van der Waals surface area contributed by atoms with E-state index >= 15 is 0 Å². The average molecular weight is 490 g/mol. The number of phenolic OH excluding ortho intramolecular Hbond substituents is 1. The van der Waals surface area contributed by atoms with E-state index < -0.39 is 61.0 Å². The molecule has 0 aliphatic carbocycles. The molecule has 0 atom stereocenters. The van der Waals surface area contributed by atoms with Gasteiger partial charge in [-0.1, -0.05) is 18.2 Å². The van der Waals surface area contributed by atoms with Gasteiger partial charge in [-0.2, -0.15) is 26.3 Å². The highest BCUT2D eigenvalue weighted by molar-refractivity contribution is 7.91. The number of aldehydes is 1. The summed E-state index contributed by atoms with van der Waals surface area (Å²) >= 11 is 0. The van der Waals surface area contributed by atoms with Gasteiger partial charge in [0.05, 0.1) is 16.0 Å². The van der Waals surface area contributed by atoms with Crippen molar-refractivity contribution in [2.45, 2.75) is 22.1 Å². The van der Waals surface area contributed by atoms with Crippen molar-refractivity contribution in [1.82, 2.24) is 0 Å². The molecule has 0 aliphatic heterocycles. The summed E-state index contributed by atoms with van der Waals surface area (Å²) in [6.07, 6.45) is -10.9. The van der Waals surface area contributed by atoms with Crippen LogP contribution in [0.1, 0.15) is 21.5 Å². The van der Waals surface area contributed by atoms with Gasteiger partial charge in [0.25, 0.3) is 0 Å². The fourth-order valence-corrected chi connectivity index (χ4v) is 4.25. The average Bonchev–Trinajstić information content (AvgIpc) is 2.74. The highest BCUT2D eigenvalue weighted by Gasteiger charge is 2.43. The number of phenols is 1. The van der Waals surface area contributed by atoms with Gasteiger partial charge in [-0.15, -0.1) is 0 Å². The van der Waals surface area contributed by atoms with E-state index in [1.807, 2.05) is 0 Å².